The Labute approximate surface area is 129 Å². The Hall–Kier alpha value is -0.140. The van der Waals surface area contributed by atoms with E-state index in [9.17, 15) is 4.79 Å². The highest BCUT2D eigenvalue weighted by Gasteiger charge is 2.15. The van der Waals surface area contributed by atoms with Gasteiger partial charge in [-0.05, 0) is 60.2 Å². The minimum atomic E-state index is 0.00748. The first-order valence-corrected chi connectivity index (χ1v) is 8.00. The zero-order valence-corrected chi connectivity index (χ0v) is 13.8. The van der Waals surface area contributed by atoms with Crippen molar-refractivity contribution in [2.24, 2.45) is 0 Å². The highest BCUT2D eigenvalue weighted by Crippen LogP contribution is 2.18. The van der Waals surface area contributed by atoms with E-state index in [2.05, 4.69) is 49.2 Å². The van der Waals surface area contributed by atoms with Crippen molar-refractivity contribution in [1.82, 2.24) is 10.6 Å². The quantitative estimate of drug-likeness (QED) is 0.735. The van der Waals surface area contributed by atoms with Crippen molar-refractivity contribution in [3.05, 3.63) is 31.8 Å². The summed E-state index contributed by atoms with van der Waals surface area (Å²) in [5.41, 5.74) is 0.737. The van der Waals surface area contributed by atoms with E-state index < -0.39 is 0 Å². The van der Waals surface area contributed by atoms with Crippen LogP contribution in [0.1, 0.15) is 29.6 Å². The first-order chi connectivity index (χ1) is 8.66. The van der Waals surface area contributed by atoms with Crippen LogP contribution < -0.4 is 10.6 Å². The predicted octanol–water partition coefficient (Wildman–Crippen LogP) is 2.93. The Balaban J connectivity index is 1.92. The van der Waals surface area contributed by atoms with Gasteiger partial charge in [0.25, 0.3) is 5.91 Å². The van der Waals surface area contributed by atoms with E-state index in [4.69, 9.17) is 0 Å². The van der Waals surface area contributed by atoms with Crippen molar-refractivity contribution in [1.29, 1.82) is 0 Å². The molecular formula is C13H16BrIN2O. The van der Waals surface area contributed by atoms with Gasteiger partial charge in [0, 0.05) is 20.6 Å². The van der Waals surface area contributed by atoms with E-state index in [0.717, 1.165) is 26.6 Å². The first kappa shape index (κ1) is 14.3. The lowest BCUT2D eigenvalue weighted by molar-refractivity contribution is 0.0947. The molecule has 2 N–H and O–H groups in total. The number of benzene rings is 1. The molecule has 2 rings (SSSR count). The molecule has 3 nitrogen and oxygen atoms in total. The third-order valence-electron chi connectivity index (χ3n) is 3.09. The van der Waals surface area contributed by atoms with Crippen molar-refractivity contribution >= 4 is 44.4 Å². The SMILES string of the molecule is O=C(NCC1CCCCN1)c1cc(Br)ccc1I. The van der Waals surface area contributed by atoms with E-state index in [-0.39, 0.29) is 5.91 Å². The number of hydrogen-bond donors (Lipinski definition) is 2. The Bertz CT molecular complexity index is 433. The van der Waals surface area contributed by atoms with Gasteiger partial charge >= 0.3 is 0 Å². The summed E-state index contributed by atoms with van der Waals surface area (Å²) in [4.78, 5) is 12.1. The van der Waals surface area contributed by atoms with E-state index in [1.165, 1.54) is 12.8 Å². The van der Waals surface area contributed by atoms with Crippen molar-refractivity contribution < 1.29 is 4.79 Å². The summed E-state index contributed by atoms with van der Waals surface area (Å²) in [5.74, 6) is 0.00748. The number of halogens is 2. The number of carbonyl (C=O) groups is 1. The molecule has 0 bridgehead atoms. The minimum Gasteiger partial charge on any atom is -0.350 e. The molecule has 98 valence electrons. The van der Waals surface area contributed by atoms with Crippen molar-refractivity contribution in [2.45, 2.75) is 25.3 Å². The number of amides is 1. The van der Waals surface area contributed by atoms with Gasteiger partial charge in [-0.2, -0.15) is 0 Å². The van der Waals surface area contributed by atoms with Gasteiger partial charge < -0.3 is 10.6 Å². The number of hydrogen-bond acceptors (Lipinski definition) is 2. The van der Waals surface area contributed by atoms with Gasteiger partial charge in [-0.1, -0.05) is 22.4 Å². The molecule has 18 heavy (non-hydrogen) atoms. The van der Waals surface area contributed by atoms with Crippen LogP contribution in [0.15, 0.2) is 22.7 Å². The summed E-state index contributed by atoms with van der Waals surface area (Å²) < 4.78 is 1.91. The maximum atomic E-state index is 12.1. The molecule has 0 aromatic heterocycles. The fraction of sp³-hybridized carbons (Fsp3) is 0.462. The smallest absolute Gasteiger partial charge is 0.252 e. The minimum absolute atomic E-state index is 0.00748. The van der Waals surface area contributed by atoms with Gasteiger partial charge in [0.05, 0.1) is 5.56 Å². The topological polar surface area (TPSA) is 41.1 Å². The van der Waals surface area contributed by atoms with Crippen LogP contribution in [-0.4, -0.2) is 25.0 Å². The van der Waals surface area contributed by atoms with Gasteiger partial charge in [0.15, 0.2) is 0 Å². The number of carbonyl (C=O) groups excluding carboxylic acids is 1. The van der Waals surface area contributed by atoms with Crippen LogP contribution in [0.5, 0.6) is 0 Å². The normalized spacial score (nSPS) is 19.6. The molecule has 5 heteroatoms. The van der Waals surface area contributed by atoms with Crippen LogP contribution in [0.3, 0.4) is 0 Å². The standard InChI is InChI=1S/C13H16BrIN2O/c14-9-4-5-12(15)11(7-9)13(18)17-8-10-3-1-2-6-16-10/h4-5,7,10,16H,1-3,6,8H2,(H,17,18). The third kappa shape index (κ3) is 3.93. The maximum absolute atomic E-state index is 12.1. The lowest BCUT2D eigenvalue weighted by atomic mass is 10.1. The Morgan fingerprint density at radius 1 is 1.50 bits per heavy atom. The number of nitrogens with one attached hydrogen (secondary N) is 2. The van der Waals surface area contributed by atoms with E-state index in [1.807, 2.05) is 18.2 Å². The molecular weight excluding hydrogens is 407 g/mol. The lowest BCUT2D eigenvalue weighted by Crippen LogP contribution is -2.43. The van der Waals surface area contributed by atoms with E-state index in [1.54, 1.807) is 0 Å². The van der Waals surface area contributed by atoms with Crippen LogP contribution in [0.2, 0.25) is 0 Å². The summed E-state index contributed by atoms with van der Waals surface area (Å²) in [6, 6.07) is 6.18. The number of rotatable bonds is 3. The van der Waals surface area contributed by atoms with Gasteiger partial charge in [-0.3, -0.25) is 4.79 Å². The molecule has 1 aliphatic heterocycles. The molecule has 1 aromatic carbocycles. The van der Waals surface area contributed by atoms with Gasteiger partial charge in [-0.25, -0.2) is 0 Å². The van der Waals surface area contributed by atoms with Gasteiger partial charge in [-0.15, -0.1) is 0 Å². The summed E-state index contributed by atoms with van der Waals surface area (Å²) in [5, 5.41) is 6.44. The molecule has 1 amide bonds. The average Bonchev–Trinajstić information content (AvgIpc) is 2.40. The highest BCUT2D eigenvalue weighted by molar-refractivity contribution is 14.1. The Kier molecular flexibility index (Phi) is 5.44. The molecule has 1 saturated heterocycles. The fourth-order valence-corrected chi connectivity index (χ4v) is 3.02. The molecule has 0 aliphatic carbocycles. The summed E-state index contributed by atoms with van der Waals surface area (Å²) >= 11 is 5.59. The lowest BCUT2D eigenvalue weighted by Gasteiger charge is -2.23. The zero-order valence-electron chi connectivity index (χ0n) is 10.0. The molecule has 0 radical (unpaired) electrons. The van der Waals surface area contributed by atoms with Crippen molar-refractivity contribution in [3.8, 4) is 0 Å². The Morgan fingerprint density at radius 2 is 2.33 bits per heavy atom. The van der Waals surface area contributed by atoms with Gasteiger partial charge in [0.2, 0.25) is 0 Å². The Morgan fingerprint density at radius 3 is 3.06 bits per heavy atom. The monoisotopic (exact) mass is 422 g/mol. The van der Waals surface area contributed by atoms with E-state index >= 15 is 0 Å². The second kappa shape index (κ2) is 6.86. The molecule has 1 fully saturated rings. The van der Waals surface area contributed by atoms with Crippen molar-refractivity contribution in [2.75, 3.05) is 13.1 Å². The second-order valence-corrected chi connectivity index (χ2v) is 6.56. The highest BCUT2D eigenvalue weighted by atomic mass is 127. The molecule has 1 aromatic rings. The third-order valence-corrected chi connectivity index (χ3v) is 4.53. The molecule has 1 heterocycles. The zero-order chi connectivity index (χ0) is 13.0. The molecule has 1 aliphatic rings. The first-order valence-electron chi connectivity index (χ1n) is 6.13. The number of piperidine rings is 1. The van der Waals surface area contributed by atoms with Crippen molar-refractivity contribution in [3.63, 3.8) is 0 Å². The van der Waals surface area contributed by atoms with E-state index in [0.29, 0.717) is 12.6 Å². The second-order valence-electron chi connectivity index (χ2n) is 4.48. The molecule has 1 unspecified atom stereocenters. The molecule has 1 atom stereocenters. The largest absolute Gasteiger partial charge is 0.350 e. The predicted molar refractivity (Wildman–Crippen MR) is 84.8 cm³/mol. The van der Waals surface area contributed by atoms with Crippen LogP contribution in [0.25, 0.3) is 0 Å². The summed E-state index contributed by atoms with van der Waals surface area (Å²) in [7, 11) is 0. The maximum Gasteiger partial charge on any atom is 0.252 e. The van der Waals surface area contributed by atoms with Crippen LogP contribution >= 0.6 is 38.5 Å². The molecule has 0 saturated carbocycles. The van der Waals surface area contributed by atoms with Gasteiger partial charge in [0.1, 0.15) is 0 Å². The summed E-state index contributed by atoms with van der Waals surface area (Å²) in [6.45, 7) is 1.77. The molecule has 0 spiro atoms. The van der Waals surface area contributed by atoms with Crippen LogP contribution in [-0.2, 0) is 0 Å². The van der Waals surface area contributed by atoms with Crippen LogP contribution in [0.4, 0.5) is 0 Å². The fourth-order valence-electron chi connectivity index (χ4n) is 2.08. The van der Waals surface area contributed by atoms with Crippen LogP contribution in [0, 0.1) is 3.57 Å². The summed E-state index contributed by atoms with van der Waals surface area (Å²) in [6.07, 6.45) is 3.64. The average molecular weight is 423 g/mol.